The molecule has 1 heterocycles. The molecule has 0 aliphatic carbocycles. The first-order valence-electron chi connectivity index (χ1n) is 5.31. The largest absolute Gasteiger partial charge is 0.316 e. The molecule has 2 nitrogen and oxygen atoms in total. The molecule has 0 bridgehead atoms. The minimum atomic E-state index is -0.893. The second kappa shape index (κ2) is 4.70. The summed E-state index contributed by atoms with van der Waals surface area (Å²) in [5.41, 5.74) is 0.538. The Hall–Kier alpha value is -1.29. The van der Waals surface area contributed by atoms with Crippen LogP contribution in [0.25, 0.3) is 0 Å². The maximum atomic E-state index is 12.9. The van der Waals surface area contributed by atoms with Crippen molar-refractivity contribution in [2.24, 2.45) is 5.92 Å². The van der Waals surface area contributed by atoms with E-state index in [1.165, 1.54) is 6.07 Å². The molecule has 1 aromatic carbocycles. The fourth-order valence-electron chi connectivity index (χ4n) is 1.76. The van der Waals surface area contributed by atoms with Crippen LogP contribution in [-0.4, -0.2) is 18.9 Å². The highest BCUT2D eigenvalue weighted by atomic mass is 19.2. The first-order chi connectivity index (χ1) is 7.65. The van der Waals surface area contributed by atoms with Gasteiger partial charge in [0.15, 0.2) is 11.6 Å². The van der Waals surface area contributed by atoms with Crippen molar-refractivity contribution in [1.29, 1.82) is 0 Å². The van der Waals surface area contributed by atoms with Gasteiger partial charge in [-0.15, -0.1) is 0 Å². The quantitative estimate of drug-likeness (QED) is 0.844. The number of nitrogens with one attached hydrogen (secondary N) is 1. The highest BCUT2D eigenvalue weighted by Gasteiger charge is 2.20. The third kappa shape index (κ3) is 2.64. The maximum absolute atomic E-state index is 12.9. The molecule has 0 unspecified atom stereocenters. The maximum Gasteiger partial charge on any atom is 0.159 e. The number of halogens is 2. The van der Waals surface area contributed by atoms with E-state index in [2.05, 4.69) is 5.32 Å². The Labute approximate surface area is 92.7 Å². The van der Waals surface area contributed by atoms with Crippen molar-refractivity contribution >= 4 is 5.78 Å². The van der Waals surface area contributed by atoms with Crippen LogP contribution in [0.15, 0.2) is 18.2 Å². The average molecular weight is 225 g/mol. The number of ketones is 1. The Balaban J connectivity index is 1.92. The molecule has 4 heteroatoms. The summed E-state index contributed by atoms with van der Waals surface area (Å²) in [4.78, 5) is 11.6. The van der Waals surface area contributed by atoms with Crippen molar-refractivity contribution in [3.63, 3.8) is 0 Å². The van der Waals surface area contributed by atoms with Crippen LogP contribution in [-0.2, 0) is 11.2 Å². The minimum Gasteiger partial charge on any atom is -0.316 e. The molecule has 0 radical (unpaired) electrons. The fourth-order valence-corrected chi connectivity index (χ4v) is 1.76. The van der Waals surface area contributed by atoms with E-state index >= 15 is 0 Å². The number of Topliss-reactive ketones (excluding diaryl/α,β-unsaturated/α-hetero) is 1. The van der Waals surface area contributed by atoms with Gasteiger partial charge in [-0.3, -0.25) is 4.79 Å². The molecule has 1 aliphatic heterocycles. The van der Waals surface area contributed by atoms with E-state index in [0.29, 0.717) is 17.9 Å². The Morgan fingerprint density at radius 2 is 2.06 bits per heavy atom. The second-order valence-corrected chi connectivity index (χ2v) is 4.19. The molecule has 0 amide bonds. The third-order valence-corrected chi connectivity index (χ3v) is 2.77. The summed E-state index contributed by atoms with van der Waals surface area (Å²) >= 11 is 0. The molecular formula is C12H13F2NO. The van der Waals surface area contributed by atoms with Gasteiger partial charge in [-0.1, -0.05) is 6.07 Å². The fraction of sp³-hybridized carbons (Fsp3) is 0.417. The van der Waals surface area contributed by atoms with Gasteiger partial charge in [0, 0.05) is 12.8 Å². The zero-order valence-corrected chi connectivity index (χ0v) is 8.80. The lowest BCUT2D eigenvalue weighted by atomic mass is 9.94. The van der Waals surface area contributed by atoms with E-state index in [1.54, 1.807) is 0 Å². The molecule has 0 atom stereocenters. The summed E-state index contributed by atoms with van der Waals surface area (Å²) in [6.07, 6.45) is 0.708. The van der Waals surface area contributed by atoms with Gasteiger partial charge in [-0.25, -0.2) is 8.78 Å². The molecule has 1 saturated heterocycles. The Bertz CT molecular complexity index is 402. The lowest BCUT2D eigenvalue weighted by molar-refractivity contribution is -0.119. The smallest absolute Gasteiger partial charge is 0.159 e. The van der Waals surface area contributed by atoms with Gasteiger partial charge < -0.3 is 5.32 Å². The molecular weight excluding hydrogens is 212 g/mol. The SMILES string of the molecule is O=C(Cc1ccc(F)c(F)c1)CC1CNC1. The molecule has 86 valence electrons. The summed E-state index contributed by atoms with van der Waals surface area (Å²) in [7, 11) is 0. The summed E-state index contributed by atoms with van der Waals surface area (Å²) in [5, 5.41) is 3.09. The second-order valence-electron chi connectivity index (χ2n) is 4.19. The first-order valence-corrected chi connectivity index (χ1v) is 5.31. The van der Waals surface area contributed by atoms with E-state index in [9.17, 15) is 13.6 Å². The van der Waals surface area contributed by atoms with Crippen molar-refractivity contribution < 1.29 is 13.6 Å². The summed E-state index contributed by atoms with van der Waals surface area (Å²) in [6.45, 7) is 1.76. The van der Waals surface area contributed by atoms with Crippen LogP contribution in [0.2, 0.25) is 0 Å². The standard InChI is InChI=1S/C12H13F2NO/c13-11-2-1-8(5-12(11)14)3-10(16)4-9-6-15-7-9/h1-2,5,9,15H,3-4,6-7H2. The number of carbonyl (C=O) groups excluding carboxylic acids is 1. The highest BCUT2D eigenvalue weighted by molar-refractivity contribution is 5.81. The van der Waals surface area contributed by atoms with Gasteiger partial charge in [0.2, 0.25) is 0 Å². The van der Waals surface area contributed by atoms with E-state index in [1.807, 2.05) is 0 Å². The van der Waals surface area contributed by atoms with Crippen LogP contribution in [0.4, 0.5) is 8.78 Å². The predicted molar refractivity (Wildman–Crippen MR) is 56.0 cm³/mol. The molecule has 1 aromatic rings. The topological polar surface area (TPSA) is 29.1 Å². The van der Waals surface area contributed by atoms with Crippen LogP contribution in [0.3, 0.4) is 0 Å². The van der Waals surface area contributed by atoms with E-state index in [4.69, 9.17) is 0 Å². The normalized spacial score (nSPS) is 15.9. The van der Waals surface area contributed by atoms with Crippen LogP contribution >= 0.6 is 0 Å². The first kappa shape index (κ1) is 11.2. The van der Waals surface area contributed by atoms with Crippen LogP contribution < -0.4 is 5.32 Å². The molecule has 0 aromatic heterocycles. The van der Waals surface area contributed by atoms with Gasteiger partial charge in [0.05, 0.1) is 0 Å². The number of carbonyl (C=O) groups is 1. The van der Waals surface area contributed by atoms with Crippen LogP contribution in [0.1, 0.15) is 12.0 Å². The van der Waals surface area contributed by atoms with Crippen molar-refractivity contribution in [3.05, 3.63) is 35.4 Å². The van der Waals surface area contributed by atoms with Gasteiger partial charge in [0.25, 0.3) is 0 Å². The lowest BCUT2D eigenvalue weighted by Gasteiger charge is -2.26. The van der Waals surface area contributed by atoms with Gasteiger partial charge in [0.1, 0.15) is 5.78 Å². The summed E-state index contributed by atoms with van der Waals surface area (Å²) < 4.78 is 25.5. The average Bonchev–Trinajstić information content (AvgIpc) is 2.18. The van der Waals surface area contributed by atoms with E-state index < -0.39 is 11.6 Å². The van der Waals surface area contributed by atoms with Crippen molar-refractivity contribution in [3.8, 4) is 0 Å². The number of benzene rings is 1. The molecule has 1 aliphatic rings. The van der Waals surface area contributed by atoms with E-state index in [-0.39, 0.29) is 12.2 Å². The Kier molecular flexibility index (Phi) is 3.29. The lowest BCUT2D eigenvalue weighted by Crippen LogP contribution is -2.43. The van der Waals surface area contributed by atoms with Crippen molar-refractivity contribution in [2.45, 2.75) is 12.8 Å². The number of hydrogen-bond acceptors (Lipinski definition) is 2. The van der Waals surface area contributed by atoms with E-state index in [0.717, 1.165) is 25.2 Å². The Morgan fingerprint density at radius 1 is 1.31 bits per heavy atom. The minimum absolute atomic E-state index is 0.0810. The van der Waals surface area contributed by atoms with Crippen molar-refractivity contribution in [2.75, 3.05) is 13.1 Å². The number of hydrogen-bond donors (Lipinski definition) is 1. The number of rotatable bonds is 4. The monoisotopic (exact) mass is 225 g/mol. The van der Waals surface area contributed by atoms with Gasteiger partial charge in [-0.05, 0) is 36.7 Å². The summed E-state index contributed by atoms with van der Waals surface area (Å²) in [5.74, 6) is -1.27. The van der Waals surface area contributed by atoms with Crippen molar-refractivity contribution in [1.82, 2.24) is 5.32 Å². The third-order valence-electron chi connectivity index (χ3n) is 2.77. The highest BCUT2D eigenvalue weighted by Crippen LogP contribution is 2.13. The molecule has 0 spiro atoms. The molecule has 0 saturated carbocycles. The van der Waals surface area contributed by atoms with Crippen LogP contribution in [0, 0.1) is 17.6 Å². The molecule has 16 heavy (non-hydrogen) atoms. The summed E-state index contributed by atoms with van der Waals surface area (Å²) in [6, 6.07) is 3.60. The zero-order chi connectivity index (χ0) is 11.5. The molecule has 1 fully saturated rings. The zero-order valence-electron chi connectivity index (χ0n) is 8.80. The predicted octanol–water partition coefficient (Wildman–Crippen LogP) is 1.69. The van der Waals surface area contributed by atoms with Gasteiger partial charge in [-0.2, -0.15) is 0 Å². The molecule has 1 N–H and O–H groups in total. The van der Waals surface area contributed by atoms with Crippen LogP contribution in [0.5, 0.6) is 0 Å². The molecule has 2 rings (SSSR count). The van der Waals surface area contributed by atoms with Gasteiger partial charge >= 0.3 is 0 Å². The Morgan fingerprint density at radius 3 is 2.62 bits per heavy atom.